The Labute approximate surface area is 150 Å². The number of H-pyrrole nitrogens is 1. The van der Waals surface area contributed by atoms with Crippen LogP contribution in [0.3, 0.4) is 0 Å². The summed E-state index contributed by atoms with van der Waals surface area (Å²) in [4.78, 5) is 15.5. The van der Waals surface area contributed by atoms with E-state index in [2.05, 4.69) is 23.3 Å². The van der Waals surface area contributed by atoms with Crippen LogP contribution in [-0.2, 0) is 11.2 Å². The average molecular weight is 350 g/mol. The van der Waals surface area contributed by atoms with E-state index in [0.29, 0.717) is 12.3 Å². The molecule has 4 N–H and O–H groups in total. The lowest BCUT2D eigenvalue weighted by Crippen LogP contribution is -2.44. The molecule has 2 aromatic rings. The highest BCUT2D eigenvalue weighted by atomic mass is 35.5. The molecule has 0 saturated heterocycles. The quantitative estimate of drug-likeness (QED) is 0.774. The van der Waals surface area contributed by atoms with Gasteiger partial charge in [-0.2, -0.15) is 0 Å². The summed E-state index contributed by atoms with van der Waals surface area (Å²) in [6.07, 6.45) is 7.53. The summed E-state index contributed by atoms with van der Waals surface area (Å²) in [7, 11) is 0. The molecule has 0 spiro atoms. The molecule has 1 saturated carbocycles. The molecule has 1 heterocycles. The second kappa shape index (κ2) is 8.54. The molecule has 1 aromatic heterocycles. The van der Waals surface area contributed by atoms with Crippen LogP contribution in [-0.4, -0.2) is 23.5 Å². The maximum absolute atomic E-state index is 12.3. The molecule has 0 bridgehead atoms. The number of amides is 1. The van der Waals surface area contributed by atoms with E-state index >= 15 is 0 Å². The zero-order valence-electron chi connectivity index (χ0n) is 14.3. The van der Waals surface area contributed by atoms with Crippen molar-refractivity contribution in [1.82, 2.24) is 10.3 Å². The van der Waals surface area contributed by atoms with E-state index in [0.717, 1.165) is 28.9 Å². The Bertz CT molecular complexity index is 661. The molecule has 4 nitrogen and oxygen atoms in total. The average Bonchev–Trinajstić information content (AvgIpc) is 2.97. The van der Waals surface area contributed by atoms with Gasteiger partial charge in [0.25, 0.3) is 0 Å². The predicted molar refractivity (Wildman–Crippen MR) is 101 cm³/mol. The number of halogens is 1. The molecule has 1 fully saturated rings. The van der Waals surface area contributed by atoms with E-state index in [1.807, 2.05) is 24.4 Å². The topological polar surface area (TPSA) is 70.9 Å². The van der Waals surface area contributed by atoms with Crippen LogP contribution in [0, 0.1) is 11.8 Å². The number of aromatic nitrogens is 1. The summed E-state index contributed by atoms with van der Waals surface area (Å²) < 4.78 is 0. The molecular weight excluding hydrogens is 322 g/mol. The summed E-state index contributed by atoms with van der Waals surface area (Å²) in [6.45, 7) is 3.08. The van der Waals surface area contributed by atoms with E-state index < -0.39 is 6.04 Å². The van der Waals surface area contributed by atoms with Crippen molar-refractivity contribution in [1.29, 1.82) is 0 Å². The summed E-state index contributed by atoms with van der Waals surface area (Å²) in [5.74, 6) is 1.43. The Morgan fingerprint density at radius 2 is 2.00 bits per heavy atom. The molecule has 5 heteroatoms. The first-order valence-corrected chi connectivity index (χ1v) is 8.71. The molecule has 3 rings (SSSR count). The van der Waals surface area contributed by atoms with Gasteiger partial charge in [0, 0.05) is 23.6 Å². The third-order valence-corrected chi connectivity index (χ3v) is 5.15. The van der Waals surface area contributed by atoms with Crippen molar-refractivity contribution in [2.45, 2.75) is 45.1 Å². The summed E-state index contributed by atoms with van der Waals surface area (Å²) in [5, 5.41) is 4.20. The van der Waals surface area contributed by atoms with Gasteiger partial charge in [0.2, 0.25) is 5.91 Å². The monoisotopic (exact) mass is 349 g/mol. The van der Waals surface area contributed by atoms with Crippen molar-refractivity contribution >= 4 is 29.2 Å². The predicted octanol–water partition coefficient (Wildman–Crippen LogP) is 3.40. The normalized spacial score (nSPS) is 21.9. The van der Waals surface area contributed by atoms with Crippen LogP contribution in [0.15, 0.2) is 30.5 Å². The van der Waals surface area contributed by atoms with Gasteiger partial charge >= 0.3 is 0 Å². The summed E-state index contributed by atoms with van der Waals surface area (Å²) in [6, 6.07) is 7.62. The fraction of sp³-hybridized carbons (Fsp3) is 0.526. The number of carbonyl (C=O) groups excluding carboxylic acids is 1. The number of hydrogen-bond donors (Lipinski definition) is 3. The fourth-order valence-corrected chi connectivity index (χ4v) is 3.54. The second-order valence-corrected chi connectivity index (χ2v) is 7.04. The number of fused-ring (bicyclic) bond motifs is 1. The maximum Gasteiger partial charge on any atom is 0.237 e. The number of aromatic amines is 1. The third kappa shape index (κ3) is 4.52. The van der Waals surface area contributed by atoms with Crippen LogP contribution in [0.5, 0.6) is 0 Å². The molecule has 1 atom stereocenters. The molecule has 1 aliphatic rings. The Hall–Kier alpha value is -1.52. The molecular formula is C19H28ClN3O. The summed E-state index contributed by atoms with van der Waals surface area (Å²) in [5.41, 5.74) is 8.31. The van der Waals surface area contributed by atoms with Gasteiger partial charge in [-0.1, -0.05) is 38.0 Å². The van der Waals surface area contributed by atoms with E-state index in [9.17, 15) is 4.79 Å². The van der Waals surface area contributed by atoms with Gasteiger partial charge < -0.3 is 16.0 Å². The van der Waals surface area contributed by atoms with Gasteiger partial charge in [-0.05, 0) is 42.7 Å². The number of carbonyl (C=O) groups is 1. The minimum atomic E-state index is -0.489. The third-order valence-electron chi connectivity index (χ3n) is 5.15. The maximum atomic E-state index is 12.3. The summed E-state index contributed by atoms with van der Waals surface area (Å²) >= 11 is 0. The fourth-order valence-electron chi connectivity index (χ4n) is 3.54. The Morgan fingerprint density at radius 3 is 2.75 bits per heavy atom. The smallest absolute Gasteiger partial charge is 0.237 e. The number of nitrogens with two attached hydrogens (primary N) is 1. The zero-order chi connectivity index (χ0) is 16.2. The van der Waals surface area contributed by atoms with Crippen molar-refractivity contribution < 1.29 is 4.79 Å². The molecule has 1 amide bonds. The Morgan fingerprint density at radius 1 is 1.29 bits per heavy atom. The van der Waals surface area contributed by atoms with Gasteiger partial charge in [-0.15, -0.1) is 12.4 Å². The van der Waals surface area contributed by atoms with Crippen LogP contribution in [0.1, 0.15) is 38.2 Å². The molecule has 0 radical (unpaired) electrons. The van der Waals surface area contributed by atoms with Crippen molar-refractivity contribution in [2.75, 3.05) is 6.54 Å². The van der Waals surface area contributed by atoms with E-state index in [1.165, 1.54) is 25.7 Å². The van der Waals surface area contributed by atoms with E-state index in [-0.39, 0.29) is 18.3 Å². The minimum Gasteiger partial charge on any atom is -0.361 e. The highest BCUT2D eigenvalue weighted by Gasteiger charge is 2.21. The number of benzene rings is 1. The number of nitrogens with one attached hydrogen (secondary N) is 2. The Balaban J connectivity index is 0.00000208. The van der Waals surface area contributed by atoms with E-state index in [4.69, 9.17) is 5.73 Å². The van der Waals surface area contributed by atoms with Gasteiger partial charge in [-0.25, -0.2) is 0 Å². The first kappa shape index (κ1) is 18.8. The molecule has 0 unspecified atom stereocenters. The molecule has 24 heavy (non-hydrogen) atoms. The SMILES string of the molecule is CC1CCC(CNC(=O)[C@@H](N)Cc2c[nH]c3ccccc23)CC1.Cl. The van der Waals surface area contributed by atoms with Crippen molar-refractivity contribution in [2.24, 2.45) is 17.6 Å². The van der Waals surface area contributed by atoms with Crippen molar-refractivity contribution in [3.05, 3.63) is 36.0 Å². The first-order chi connectivity index (χ1) is 11.1. The number of para-hydroxylation sites is 1. The van der Waals surface area contributed by atoms with Gasteiger partial charge in [0.15, 0.2) is 0 Å². The lowest BCUT2D eigenvalue weighted by Gasteiger charge is -2.26. The first-order valence-electron chi connectivity index (χ1n) is 8.71. The molecule has 132 valence electrons. The van der Waals surface area contributed by atoms with Crippen LogP contribution in [0.4, 0.5) is 0 Å². The number of hydrogen-bond acceptors (Lipinski definition) is 2. The van der Waals surface area contributed by atoms with Crippen LogP contribution in [0.2, 0.25) is 0 Å². The zero-order valence-corrected chi connectivity index (χ0v) is 15.1. The van der Waals surface area contributed by atoms with Crippen molar-refractivity contribution in [3.63, 3.8) is 0 Å². The standard InChI is InChI=1S/C19H27N3O.ClH/c1-13-6-8-14(9-7-13)11-22-19(23)17(20)10-15-12-21-18-5-3-2-4-16(15)18;/h2-5,12-14,17,21H,6-11,20H2,1H3,(H,22,23);1H/t13?,14?,17-;/m0./s1. The van der Waals surface area contributed by atoms with Gasteiger partial charge in [-0.3, -0.25) is 4.79 Å². The highest BCUT2D eigenvalue weighted by Crippen LogP contribution is 2.27. The molecule has 1 aromatic carbocycles. The Kier molecular flexibility index (Phi) is 6.69. The minimum absolute atomic E-state index is 0. The molecule has 1 aliphatic carbocycles. The second-order valence-electron chi connectivity index (χ2n) is 7.04. The van der Waals surface area contributed by atoms with E-state index in [1.54, 1.807) is 0 Å². The van der Waals surface area contributed by atoms with Crippen LogP contribution < -0.4 is 11.1 Å². The molecule has 0 aliphatic heterocycles. The lowest BCUT2D eigenvalue weighted by molar-refractivity contribution is -0.122. The van der Waals surface area contributed by atoms with Gasteiger partial charge in [0.1, 0.15) is 0 Å². The lowest BCUT2D eigenvalue weighted by atomic mass is 9.83. The van der Waals surface area contributed by atoms with Crippen LogP contribution in [0.25, 0.3) is 10.9 Å². The highest BCUT2D eigenvalue weighted by molar-refractivity contribution is 5.86. The van der Waals surface area contributed by atoms with Crippen molar-refractivity contribution in [3.8, 4) is 0 Å². The van der Waals surface area contributed by atoms with Crippen LogP contribution >= 0.6 is 12.4 Å². The number of rotatable bonds is 5. The van der Waals surface area contributed by atoms with Gasteiger partial charge in [0.05, 0.1) is 6.04 Å². The largest absolute Gasteiger partial charge is 0.361 e.